The average molecular weight is 436 g/mol. The van der Waals surface area contributed by atoms with Crippen LogP contribution in [0.5, 0.6) is 0 Å². The van der Waals surface area contributed by atoms with Crippen molar-refractivity contribution < 1.29 is 13.9 Å². The molecule has 9 heteroatoms. The van der Waals surface area contributed by atoms with Gasteiger partial charge in [-0.25, -0.2) is 14.4 Å². The first-order chi connectivity index (χ1) is 15.5. The number of hydrogen-bond acceptors (Lipinski definition) is 7. The summed E-state index contributed by atoms with van der Waals surface area (Å²) in [6.45, 7) is 4.29. The van der Waals surface area contributed by atoms with E-state index in [2.05, 4.69) is 20.6 Å². The molecule has 0 unspecified atom stereocenters. The normalized spacial score (nSPS) is 13.6. The van der Waals surface area contributed by atoms with Crippen LogP contribution in [0, 0.1) is 5.82 Å². The second kappa shape index (κ2) is 9.61. The first kappa shape index (κ1) is 21.5. The minimum Gasteiger partial charge on any atom is -0.397 e. The highest BCUT2D eigenvalue weighted by molar-refractivity contribution is 5.94. The van der Waals surface area contributed by atoms with Crippen molar-refractivity contribution in [2.24, 2.45) is 0 Å². The fourth-order valence-corrected chi connectivity index (χ4v) is 3.43. The zero-order valence-corrected chi connectivity index (χ0v) is 17.8. The zero-order chi connectivity index (χ0) is 22.5. The third-order valence-electron chi connectivity index (χ3n) is 5.15. The Hall–Kier alpha value is -3.72. The van der Waals surface area contributed by atoms with E-state index in [9.17, 15) is 9.18 Å². The molecular weight excluding hydrogens is 411 g/mol. The summed E-state index contributed by atoms with van der Waals surface area (Å²) in [4.78, 5) is 22.3. The second-order valence-corrected chi connectivity index (χ2v) is 7.36. The monoisotopic (exact) mass is 436 g/mol. The number of morpholine rings is 1. The van der Waals surface area contributed by atoms with Gasteiger partial charge in [0.15, 0.2) is 0 Å². The summed E-state index contributed by atoms with van der Waals surface area (Å²) in [5, 5.41) is 5.81. The number of anilines is 5. The number of ether oxygens (including phenoxy) is 1. The number of aromatic nitrogens is 2. The van der Waals surface area contributed by atoms with Crippen molar-refractivity contribution in [3.8, 4) is 11.3 Å². The molecule has 1 fully saturated rings. The van der Waals surface area contributed by atoms with E-state index in [0.717, 1.165) is 5.56 Å². The average Bonchev–Trinajstić information content (AvgIpc) is 2.81. The topological polar surface area (TPSA) is 105 Å². The summed E-state index contributed by atoms with van der Waals surface area (Å²) >= 11 is 0. The third kappa shape index (κ3) is 4.94. The fraction of sp³-hybridized carbons (Fsp3) is 0.261. The van der Waals surface area contributed by atoms with Gasteiger partial charge < -0.3 is 26.0 Å². The van der Waals surface area contributed by atoms with E-state index in [1.807, 2.05) is 11.0 Å². The lowest BCUT2D eigenvalue weighted by Crippen LogP contribution is -2.36. The maximum Gasteiger partial charge on any atom is 0.227 e. The summed E-state index contributed by atoms with van der Waals surface area (Å²) < 4.78 is 20.0. The zero-order valence-electron chi connectivity index (χ0n) is 17.8. The van der Waals surface area contributed by atoms with Crippen LogP contribution in [0.15, 0.2) is 48.7 Å². The van der Waals surface area contributed by atoms with Crippen molar-refractivity contribution in [3.63, 3.8) is 0 Å². The molecule has 1 aliphatic heterocycles. The summed E-state index contributed by atoms with van der Waals surface area (Å²) in [6.07, 6.45) is 1.99. The molecule has 0 atom stereocenters. The highest BCUT2D eigenvalue weighted by Crippen LogP contribution is 2.28. The van der Waals surface area contributed by atoms with E-state index >= 15 is 0 Å². The molecule has 3 aromatic rings. The molecule has 0 saturated carbocycles. The molecular formula is C23H25FN6O2. The maximum absolute atomic E-state index is 14.7. The van der Waals surface area contributed by atoms with Gasteiger partial charge in [-0.05, 0) is 36.4 Å². The first-order valence-corrected chi connectivity index (χ1v) is 10.5. The van der Waals surface area contributed by atoms with Gasteiger partial charge in [0.1, 0.15) is 5.82 Å². The number of amides is 1. The molecule has 32 heavy (non-hydrogen) atoms. The predicted molar refractivity (Wildman–Crippen MR) is 124 cm³/mol. The van der Waals surface area contributed by atoms with E-state index < -0.39 is 0 Å². The Morgan fingerprint density at radius 2 is 2.00 bits per heavy atom. The van der Waals surface area contributed by atoms with Gasteiger partial charge in [0.25, 0.3) is 0 Å². The van der Waals surface area contributed by atoms with Gasteiger partial charge in [0.05, 0.1) is 36.0 Å². The summed E-state index contributed by atoms with van der Waals surface area (Å²) in [5.74, 6) is -0.0849. The second-order valence-electron chi connectivity index (χ2n) is 7.36. The van der Waals surface area contributed by atoms with Gasteiger partial charge >= 0.3 is 0 Å². The van der Waals surface area contributed by atoms with Gasteiger partial charge in [0, 0.05) is 37.0 Å². The molecule has 8 nitrogen and oxygen atoms in total. The molecule has 4 N–H and O–H groups in total. The summed E-state index contributed by atoms with van der Waals surface area (Å²) in [7, 11) is 0. The Morgan fingerprint density at radius 1 is 1.19 bits per heavy atom. The highest BCUT2D eigenvalue weighted by atomic mass is 19.1. The van der Waals surface area contributed by atoms with Crippen LogP contribution in [0.2, 0.25) is 0 Å². The van der Waals surface area contributed by atoms with Crippen molar-refractivity contribution in [2.75, 3.05) is 47.6 Å². The van der Waals surface area contributed by atoms with Crippen LogP contribution in [0.3, 0.4) is 0 Å². The van der Waals surface area contributed by atoms with Crippen molar-refractivity contribution in [2.45, 2.75) is 13.3 Å². The number of rotatable bonds is 6. The molecule has 2 heterocycles. The number of carbonyl (C=O) groups is 1. The summed E-state index contributed by atoms with van der Waals surface area (Å²) in [6, 6.07) is 12.0. The molecule has 166 valence electrons. The van der Waals surface area contributed by atoms with Crippen LogP contribution in [-0.4, -0.2) is 42.2 Å². The lowest BCUT2D eigenvalue weighted by Gasteiger charge is -2.29. The number of carbonyl (C=O) groups excluding carboxylic acids is 1. The van der Waals surface area contributed by atoms with Crippen LogP contribution in [0.25, 0.3) is 11.3 Å². The number of nitrogens with one attached hydrogen (secondary N) is 2. The molecule has 1 amide bonds. The van der Waals surface area contributed by atoms with Crippen molar-refractivity contribution in [1.29, 1.82) is 0 Å². The molecule has 0 radical (unpaired) electrons. The van der Waals surface area contributed by atoms with Crippen LogP contribution in [-0.2, 0) is 9.53 Å². The van der Waals surface area contributed by atoms with Crippen LogP contribution in [0.1, 0.15) is 13.3 Å². The Balaban J connectivity index is 1.50. The Bertz CT molecular complexity index is 1120. The van der Waals surface area contributed by atoms with E-state index in [-0.39, 0.29) is 11.7 Å². The molecule has 2 aromatic carbocycles. The van der Waals surface area contributed by atoms with Crippen LogP contribution >= 0.6 is 0 Å². The van der Waals surface area contributed by atoms with Gasteiger partial charge in [-0.2, -0.15) is 0 Å². The van der Waals surface area contributed by atoms with E-state index in [0.29, 0.717) is 67.1 Å². The van der Waals surface area contributed by atoms with Crippen molar-refractivity contribution in [3.05, 3.63) is 54.5 Å². The number of nitrogen functional groups attached to an aromatic ring is 1. The van der Waals surface area contributed by atoms with E-state index in [1.165, 1.54) is 6.07 Å². The van der Waals surface area contributed by atoms with Crippen molar-refractivity contribution in [1.82, 2.24) is 9.97 Å². The summed E-state index contributed by atoms with van der Waals surface area (Å²) in [5.41, 5.74) is 9.62. The molecule has 1 aromatic heterocycles. The number of hydrogen-bond donors (Lipinski definition) is 3. The molecule has 0 spiro atoms. The molecule has 0 aliphatic carbocycles. The lowest BCUT2D eigenvalue weighted by molar-refractivity contribution is -0.115. The molecule has 1 saturated heterocycles. The van der Waals surface area contributed by atoms with Gasteiger partial charge in [0.2, 0.25) is 11.9 Å². The minimum atomic E-state index is -0.314. The quantitative estimate of drug-likeness (QED) is 0.505. The van der Waals surface area contributed by atoms with Gasteiger partial charge in [-0.3, -0.25) is 4.79 Å². The Kier molecular flexibility index (Phi) is 6.46. The number of nitrogens with zero attached hydrogens (tertiary/aromatic N) is 3. The SMILES string of the molecule is CCC(=O)Nc1ccc(-c2ccnc(Nc3ccc(N4CCOCC4)c(F)c3)n2)cc1N. The molecule has 0 bridgehead atoms. The Labute approximate surface area is 185 Å². The number of halogens is 1. The van der Waals surface area contributed by atoms with Gasteiger partial charge in [-0.1, -0.05) is 13.0 Å². The third-order valence-corrected chi connectivity index (χ3v) is 5.15. The smallest absolute Gasteiger partial charge is 0.227 e. The van der Waals surface area contributed by atoms with Gasteiger partial charge in [-0.15, -0.1) is 0 Å². The molecule has 1 aliphatic rings. The largest absolute Gasteiger partial charge is 0.397 e. The first-order valence-electron chi connectivity index (χ1n) is 10.5. The lowest BCUT2D eigenvalue weighted by atomic mass is 10.1. The van der Waals surface area contributed by atoms with Crippen LogP contribution in [0.4, 0.5) is 33.1 Å². The Morgan fingerprint density at radius 3 is 2.72 bits per heavy atom. The fourth-order valence-electron chi connectivity index (χ4n) is 3.43. The van der Waals surface area contributed by atoms with E-state index in [1.54, 1.807) is 43.5 Å². The standard InChI is InChI=1S/C23H25FN6O2/c1-2-22(31)28-20-5-3-15(13-18(20)25)19-7-8-26-23(29-19)27-16-4-6-21(17(24)14-16)30-9-11-32-12-10-30/h3-8,13-14H,2,9-12,25H2,1H3,(H,28,31)(H,26,27,29). The predicted octanol–water partition coefficient (Wildman–Crippen LogP) is 3.79. The minimum absolute atomic E-state index is 0.107. The number of nitrogens with two attached hydrogens (primary N) is 1. The number of benzene rings is 2. The van der Waals surface area contributed by atoms with Crippen LogP contribution < -0.4 is 21.3 Å². The highest BCUT2D eigenvalue weighted by Gasteiger charge is 2.15. The molecule has 4 rings (SSSR count). The maximum atomic E-state index is 14.7. The van der Waals surface area contributed by atoms with Crippen molar-refractivity contribution >= 4 is 34.6 Å². The van der Waals surface area contributed by atoms with E-state index in [4.69, 9.17) is 10.5 Å².